The first-order valence-electron chi connectivity index (χ1n) is 3.33. The maximum atomic E-state index is 3.59. The van der Waals surface area contributed by atoms with E-state index in [9.17, 15) is 0 Å². The summed E-state index contributed by atoms with van der Waals surface area (Å²) in [5.41, 5.74) is 1.13. The Kier molecular flexibility index (Phi) is 11.9. The van der Waals surface area contributed by atoms with Gasteiger partial charge in [-0.1, -0.05) is 6.42 Å². The number of hydrogen-bond donors (Lipinski definition) is 1. The van der Waals surface area contributed by atoms with Gasteiger partial charge in [0.2, 0.25) is 0 Å². The molecule has 1 aliphatic rings. The van der Waals surface area contributed by atoms with E-state index in [-0.39, 0.29) is 18.9 Å². The number of rotatable bonds is 1. The Balaban J connectivity index is 0. The van der Waals surface area contributed by atoms with Gasteiger partial charge in [0.15, 0.2) is 0 Å². The van der Waals surface area contributed by atoms with Crippen LogP contribution in [0.5, 0.6) is 0 Å². The van der Waals surface area contributed by atoms with E-state index >= 15 is 0 Å². The predicted octanol–water partition coefficient (Wildman–Crippen LogP) is -1.30. The van der Waals surface area contributed by atoms with Crippen LogP contribution in [0, 0.1) is 6.08 Å². The fourth-order valence-electron chi connectivity index (χ4n) is 0.562. The third-order valence-corrected chi connectivity index (χ3v) is 0.941. The van der Waals surface area contributed by atoms with E-state index < -0.39 is 0 Å². The molecule has 0 heterocycles. The molecule has 2 heteroatoms. The van der Waals surface area contributed by atoms with Gasteiger partial charge in [0.1, 0.15) is 0 Å². The third-order valence-electron chi connectivity index (χ3n) is 0.941. The van der Waals surface area contributed by atoms with Crippen molar-refractivity contribution in [3.05, 3.63) is 36.5 Å². The Morgan fingerprint density at radius 1 is 1.64 bits per heavy atom. The molecule has 0 aliphatic heterocycles. The Morgan fingerprint density at radius 3 is 2.36 bits per heavy atom. The van der Waals surface area contributed by atoms with Crippen LogP contribution in [0.25, 0.3) is 0 Å². The monoisotopic (exact) mass is 143 g/mol. The molecule has 0 fully saturated rings. The summed E-state index contributed by atoms with van der Waals surface area (Å²) >= 11 is 0. The topological polar surface area (TPSA) is 12.0 Å². The normalized spacial score (nSPS) is 12.4. The van der Waals surface area contributed by atoms with Crippen molar-refractivity contribution in [2.75, 3.05) is 14.1 Å². The summed E-state index contributed by atoms with van der Waals surface area (Å²) in [7, 11) is 3.75. The zero-order chi connectivity index (χ0) is 7.82. The second-order valence-corrected chi connectivity index (χ2v) is 1.94. The van der Waals surface area contributed by atoms with E-state index in [1.54, 1.807) is 0 Å². The molecule has 0 spiro atoms. The molecular weight excluding hydrogens is 129 g/mol. The third kappa shape index (κ3) is 7.68. The molecule has 0 aromatic carbocycles. The molecule has 0 radical (unpaired) electrons. The maximum absolute atomic E-state index is 3.59. The van der Waals surface area contributed by atoms with Gasteiger partial charge in [-0.15, -0.1) is 6.08 Å². The van der Waals surface area contributed by atoms with Gasteiger partial charge < -0.3 is 5.32 Å². The van der Waals surface area contributed by atoms with E-state index in [1.807, 2.05) is 26.2 Å². The predicted molar refractivity (Wildman–Crippen MR) is 45.7 cm³/mol. The van der Waals surface area contributed by atoms with E-state index in [4.69, 9.17) is 0 Å². The molecule has 1 nitrogen and oxygen atoms in total. The van der Waals surface area contributed by atoms with Crippen molar-refractivity contribution in [2.24, 2.45) is 0 Å². The molecule has 0 atom stereocenters. The number of nitrogens with one attached hydrogen (secondary N) is 1. The van der Waals surface area contributed by atoms with Gasteiger partial charge in [-0.05, 0) is 14.1 Å². The van der Waals surface area contributed by atoms with E-state index in [0.29, 0.717) is 0 Å². The first kappa shape index (κ1) is 13.4. The molecule has 1 rings (SSSR count). The molecule has 0 aromatic rings. The Morgan fingerprint density at radius 2 is 2.18 bits per heavy atom. The average Bonchev–Trinajstić information content (AvgIpc) is 2.39. The molecule has 56 valence electrons. The first-order chi connectivity index (χ1) is 4.85. The molecule has 0 amide bonds. The van der Waals surface area contributed by atoms with Crippen molar-refractivity contribution >= 4 is 0 Å². The van der Waals surface area contributed by atoms with Crippen LogP contribution in [0.1, 0.15) is 6.42 Å². The summed E-state index contributed by atoms with van der Waals surface area (Å²) in [5.74, 6) is 0. The Labute approximate surface area is 81.4 Å². The summed E-state index contributed by atoms with van der Waals surface area (Å²) in [4.78, 5) is 0. The fraction of sp³-hybridized carbons (Fsp3) is 0.333. The van der Waals surface area contributed by atoms with Crippen LogP contribution in [-0.2, 0) is 0 Å². The molecule has 0 unspecified atom stereocenters. The summed E-state index contributed by atoms with van der Waals surface area (Å²) in [6.45, 7) is 3.59. The molecule has 11 heavy (non-hydrogen) atoms. The summed E-state index contributed by atoms with van der Waals surface area (Å²) < 4.78 is 0. The second-order valence-electron chi connectivity index (χ2n) is 1.94. The van der Waals surface area contributed by atoms with Gasteiger partial charge in [0.25, 0.3) is 0 Å². The minimum Gasteiger partial charge on any atom is -0.323 e. The standard InChI is InChI=1S/C7H7.C2H7N.Li/c1-2-7-5-3-4-6-7;1-3-2;/h2-3,5H,1,4H2;3H,1-2H3;/q-1;;+1. The molecule has 0 saturated heterocycles. The van der Waals surface area contributed by atoms with Crippen molar-refractivity contribution in [3.63, 3.8) is 0 Å². The van der Waals surface area contributed by atoms with E-state index in [2.05, 4.69) is 24.0 Å². The van der Waals surface area contributed by atoms with Crippen LogP contribution >= 0.6 is 0 Å². The summed E-state index contributed by atoms with van der Waals surface area (Å²) in [5, 5.41) is 2.75. The van der Waals surface area contributed by atoms with Gasteiger partial charge in [-0.25, -0.2) is 0 Å². The minimum absolute atomic E-state index is 0. The SMILES string of the molecule is C=CC1=[C-]CC=C1.CNC.[Li+]. The van der Waals surface area contributed by atoms with Crippen LogP contribution in [0.2, 0.25) is 0 Å². The van der Waals surface area contributed by atoms with Crippen molar-refractivity contribution in [3.8, 4) is 0 Å². The van der Waals surface area contributed by atoms with Crippen LogP contribution in [-0.4, -0.2) is 14.1 Å². The van der Waals surface area contributed by atoms with E-state index in [0.717, 1.165) is 12.0 Å². The van der Waals surface area contributed by atoms with Crippen LogP contribution in [0.4, 0.5) is 0 Å². The zero-order valence-electron chi connectivity index (χ0n) is 7.65. The van der Waals surface area contributed by atoms with Gasteiger partial charge >= 0.3 is 18.9 Å². The molecular formula is C9H14LiN. The smallest absolute Gasteiger partial charge is 0.323 e. The molecule has 1 N–H and O–H groups in total. The van der Waals surface area contributed by atoms with Gasteiger partial charge in [-0.3, -0.25) is 0 Å². The maximum Gasteiger partial charge on any atom is 1.00 e. The zero-order valence-corrected chi connectivity index (χ0v) is 7.65. The van der Waals surface area contributed by atoms with Crippen LogP contribution in [0.15, 0.2) is 30.4 Å². The number of allylic oxidation sites excluding steroid dienone is 5. The number of hydrogen-bond acceptors (Lipinski definition) is 1. The van der Waals surface area contributed by atoms with Crippen molar-refractivity contribution in [1.82, 2.24) is 5.32 Å². The summed E-state index contributed by atoms with van der Waals surface area (Å²) in [6, 6.07) is 0. The average molecular weight is 143 g/mol. The van der Waals surface area contributed by atoms with Crippen LogP contribution < -0.4 is 24.2 Å². The Bertz CT molecular complexity index is 148. The molecule has 0 bridgehead atoms. The quantitative estimate of drug-likeness (QED) is 0.355. The van der Waals surface area contributed by atoms with Crippen LogP contribution in [0.3, 0.4) is 0 Å². The first-order valence-corrected chi connectivity index (χ1v) is 3.33. The van der Waals surface area contributed by atoms with Gasteiger partial charge in [0.05, 0.1) is 0 Å². The molecule has 0 aromatic heterocycles. The van der Waals surface area contributed by atoms with Crippen molar-refractivity contribution in [1.29, 1.82) is 0 Å². The largest absolute Gasteiger partial charge is 1.00 e. The second kappa shape index (κ2) is 9.78. The molecule has 0 saturated carbocycles. The molecule has 1 aliphatic carbocycles. The summed E-state index contributed by atoms with van der Waals surface area (Å²) in [6.07, 6.45) is 9.95. The van der Waals surface area contributed by atoms with Gasteiger partial charge in [0, 0.05) is 0 Å². The minimum atomic E-state index is 0. The Hall–Kier alpha value is -0.223. The van der Waals surface area contributed by atoms with Crippen molar-refractivity contribution in [2.45, 2.75) is 6.42 Å². The fourth-order valence-corrected chi connectivity index (χ4v) is 0.562. The van der Waals surface area contributed by atoms with Crippen molar-refractivity contribution < 1.29 is 18.9 Å². The van der Waals surface area contributed by atoms with E-state index in [1.165, 1.54) is 0 Å². The van der Waals surface area contributed by atoms with Gasteiger partial charge in [-0.2, -0.15) is 30.4 Å².